The number of rotatable bonds is 5. The van der Waals surface area contributed by atoms with E-state index in [1.807, 2.05) is 6.07 Å². The van der Waals surface area contributed by atoms with Crippen LogP contribution in [0.15, 0.2) is 24.3 Å². The summed E-state index contributed by atoms with van der Waals surface area (Å²) >= 11 is 0. The van der Waals surface area contributed by atoms with Crippen molar-refractivity contribution in [1.82, 2.24) is 0 Å². The van der Waals surface area contributed by atoms with E-state index in [2.05, 4.69) is 0 Å². The summed E-state index contributed by atoms with van der Waals surface area (Å²) in [6.07, 6.45) is 1.18. The minimum Gasteiger partial charge on any atom is -0.493 e. The SMILES string of the molecule is N#Cc1ccc(OCC2(CS(=O)(=O)Cl)CCOCC2)cc1. The number of nitriles is 1. The Morgan fingerprint density at radius 3 is 2.43 bits per heavy atom. The Hall–Kier alpha value is -1.29. The van der Waals surface area contributed by atoms with Gasteiger partial charge in [-0.05, 0) is 37.1 Å². The van der Waals surface area contributed by atoms with Crippen molar-refractivity contribution in [1.29, 1.82) is 5.26 Å². The molecule has 0 aliphatic carbocycles. The summed E-state index contributed by atoms with van der Waals surface area (Å²) in [6.45, 7) is 1.26. The zero-order valence-corrected chi connectivity index (χ0v) is 13.0. The monoisotopic (exact) mass is 329 g/mol. The van der Waals surface area contributed by atoms with Crippen molar-refractivity contribution in [2.45, 2.75) is 12.8 Å². The Kier molecular flexibility index (Phi) is 5.09. The Balaban J connectivity index is 2.06. The van der Waals surface area contributed by atoms with Gasteiger partial charge in [-0.3, -0.25) is 0 Å². The van der Waals surface area contributed by atoms with Crippen LogP contribution in [0.5, 0.6) is 5.75 Å². The van der Waals surface area contributed by atoms with Gasteiger partial charge in [-0.1, -0.05) is 0 Å². The van der Waals surface area contributed by atoms with Crippen LogP contribution in [-0.2, 0) is 13.8 Å². The lowest BCUT2D eigenvalue weighted by Crippen LogP contribution is -2.40. The molecule has 0 aromatic heterocycles. The molecule has 2 rings (SSSR count). The standard InChI is InChI=1S/C14H16ClNO4S/c15-21(17,18)11-14(5-7-19-8-6-14)10-20-13-3-1-12(9-16)2-4-13/h1-4H,5-8,10-11H2. The second kappa shape index (κ2) is 6.65. The van der Waals surface area contributed by atoms with Gasteiger partial charge in [-0.15, -0.1) is 0 Å². The van der Waals surface area contributed by atoms with Crippen molar-refractivity contribution >= 4 is 19.7 Å². The van der Waals surface area contributed by atoms with Crippen LogP contribution in [-0.4, -0.2) is 34.0 Å². The van der Waals surface area contributed by atoms with E-state index in [0.29, 0.717) is 37.4 Å². The van der Waals surface area contributed by atoms with Crippen LogP contribution >= 0.6 is 10.7 Å². The lowest BCUT2D eigenvalue weighted by molar-refractivity contribution is 0.00228. The van der Waals surface area contributed by atoms with Crippen LogP contribution in [0, 0.1) is 16.7 Å². The maximum absolute atomic E-state index is 11.4. The molecule has 0 amide bonds. The molecule has 1 heterocycles. The molecule has 1 fully saturated rings. The number of ether oxygens (including phenoxy) is 2. The van der Waals surface area contributed by atoms with Crippen LogP contribution < -0.4 is 4.74 Å². The van der Waals surface area contributed by atoms with Gasteiger partial charge in [0.05, 0.1) is 24.0 Å². The van der Waals surface area contributed by atoms with Crippen LogP contribution in [0.2, 0.25) is 0 Å². The maximum Gasteiger partial charge on any atom is 0.233 e. The third kappa shape index (κ3) is 4.88. The van der Waals surface area contributed by atoms with Crippen molar-refractivity contribution in [3.63, 3.8) is 0 Å². The number of hydrogen-bond acceptors (Lipinski definition) is 5. The molecule has 1 aromatic carbocycles. The number of halogens is 1. The predicted octanol–water partition coefficient (Wildman–Crippen LogP) is 2.30. The molecule has 1 aliphatic heterocycles. The fourth-order valence-corrected chi connectivity index (χ4v) is 4.16. The summed E-state index contributed by atoms with van der Waals surface area (Å²) in [4.78, 5) is 0. The summed E-state index contributed by atoms with van der Waals surface area (Å²) in [5.41, 5.74) is 0.0266. The van der Waals surface area contributed by atoms with Crippen molar-refractivity contribution < 1.29 is 17.9 Å². The average Bonchev–Trinajstić information content (AvgIpc) is 2.45. The fraction of sp³-hybridized carbons (Fsp3) is 0.500. The highest BCUT2D eigenvalue weighted by molar-refractivity contribution is 8.13. The largest absolute Gasteiger partial charge is 0.493 e. The van der Waals surface area contributed by atoms with Gasteiger partial charge in [0.25, 0.3) is 0 Å². The summed E-state index contributed by atoms with van der Waals surface area (Å²) < 4.78 is 33.9. The van der Waals surface area contributed by atoms with E-state index in [9.17, 15) is 8.42 Å². The minimum absolute atomic E-state index is 0.124. The molecule has 1 aliphatic rings. The van der Waals surface area contributed by atoms with E-state index in [4.69, 9.17) is 25.4 Å². The molecule has 0 N–H and O–H groups in total. The van der Waals surface area contributed by atoms with E-state index >= 15 is 0 Å². The molecule has 1 aromatic rings. The van der Waals surface area contributed by atoms with E-state index < -0.39 is 14.5 Å². The smallest absolute Gasteiger partial charge is 0.233 e. The first-order valence-corrected chi connectivity index (χ1v) is 9.03. The number of hydrogen-bond donors (Lipinski definition) is 0. The summed E-state index contributed by atoms with van der Waals surface area (Å²) in [6, 6.07) is 8.73. The van der Waals surface area contributed by atoms with Gasteiger partial charge < -0.3 is 9.47 Å². The number of nitrogens with zero attached hydrogens (tertiary/aromatic N) is 1. The fourth-order valence-electron chi connectivity index (χ4n) is 2.36. The van der Waals surface area contributed by atoms with Gasteiger partial charge in [0.2, 0.25) is 9.05 Å². The summed E-state index contributed by atoms with van der Waals surface area (Å²) in [5, 5.41) is 8.74. The first-order chi connectivity index (χ1) is 9.92. The topological polar surface area (TPSA) is 76.4 Å². The van der Waals surface area contributed by atoms with E-state index in [-0.39, 0.29) is 12.4 Å². The molecule has 0 atom stereocenters. The highest BCUT2D eigenvalue weighted by Gasteiger charge is 2.37. The third-order valence-corrected chi connectivity index (χ3v) is 4.84. The summed E-state index contributed by atoms with van der Waals surface area (Å²) in [5.74, 6) is 0.480. The zero-order valence-electron chi connectivity index (χ0n) is 11.4. The van der Waals surface area contributed by atoms with Gasteiger partial charge >= 0.3 is 0 Å². The van der Waals surface area contributed by atoms with Gasteiger partial charge in [0, 0.05) is 29.3 Å². The van der Waals surface area contributed by atoms with Gasteiger partial charge in [-0.2, -0.15) is 5.26 Å². The molecule has 0 bridgehead atoms. The number of benzene rings is 1. The Morgan fingerprint density at radius 2 is 1.90 bits per heavy atom. The highest BCUT2D eigenvalue weighted by atomic mass is 35.7. The molecule has 0 spiro atoms. The molecule has 0 saturated carbocycles. The zero-order chi connectivity index (χ0) is 15.3. The van der Waals surface area contributed by atoms with Gasteiger partial charge in [0.1, 0.15) is 5.75 Å². The van der Waals surface area contributed by atoms with Crippen molar-refractivity contribution in [3.8, 4) is 11.8 Å². The maximum atomic E-state index is 11.4. The van der Waals surface area contributed by atoms with E-state index in [1.54, 1.807) is 24.3 Å². The van der Waals surface area contributed by atoms with Crippen LogP contribution in [0.3, 0.4) is 0 Å². The second-order valence-corrected chi connectivity index (χ2v) is 8.00. The third-order valence-electron chi connectivity index (χ3n) is 3.56. The molecule has 0 radical (unpaired) electrons. The summed E-state index contributed by atoms with van der Waals surface area (Å²) in [7, 11) is 1.81. The molecular weight excluding hydrogens is 314 g/mol. The van der Waals surface area contributed by atoms with Crippen LogP contribution in [0.4, 0.5) is 0 Å². The molecule has 21 heavy (non-hydrogen) atoms. The van der Waals surface area contributed by atoms with E-state index in [1.165, 1.54) is 0 Å². The van der Waals surface area contributed by atoms with Crippen molar-refractivity contribution in [2.75, 3.05) is 25.6 Å². The van der Waals surface area contributed by atoms with Gasteiger partial charge in [-0.25, -0.2) is 8.42 Å². The second-order valence-electron chi connectivity index (χ2n) is 5.22. The lowest BCUT2D eigenvalue weighted by Gasteiger charge is -2.35. The first kappa shape index (κ1) is 16.1. The van der Waals surface area contributed by atoms with Crippen molar-refractivity contribution in [3.05, 3.63) is 29.8 Å². The normalized spacial score (nSPS) is 17.9. The Morgan fingerprint density at radius 1 is 1.29 bits per heavy atom. The molecule has 7 heteroatoms. The molecular formula is C14H16ClNO4S. The molecule has 1 saturated heterocycles. The van der Waals surface area contributed by atoms with Gasteiger partial charge in [0.15, 0.2) is 0 Å². The van der Waals surface area contributed by atoms with Crippen LogP contribution in [0.1, 0.15) is 18.4 Å². The Bertz CT molecular complexity index is 615. The average molecular weight is 330 g/mol. The molecule has 5 nitrogen and oxygen atoms in total. The van der Waals surface area contributed by atoms with Crippen molar-refractivity contribution in [2.24, 2.45) is 5.41 Å². The quantitative estimate of drug-likeness (QED) is 0.775. The Labute approximate surface area is 128 Å². The molecule has 114 valence electrons. The first-order valence-electron chi connectivity index (χ1n) is 6.56. The van der Waals surface area contributed by atoms with E-state index in [0.717, 1.165) is 0 Å². The minimum atomic E-state index is -3.60. The predicted molar refractivity (Wildman–Crippen MR) is 78.8 cm³/mol. The molecule has 0 unspecified atom stereocenters. The van der Waals surface area contributed by atoms with Crippen LogP contribution in [0.25, 0.3) is 0 Å². The lowest BCUT2D eigenvalue weighted by atomic mass is 9.83. The highest BCUT2D eigenvalue weighted by Crippen LogP contribution is 2.34.